The van der Waals surface area contributed by atoms with Gasteiger partial charge in [-0.25, -0.2) is 4.98 Å². The Balaban J connectivity index is 2.42. The van der Waals surface area contributed by atoms with Gasteiger partial charge in [-0.3, -0.25) is 4.79 Å². The highest BCUT2D eigenvalue weighted by atomic mass is 32.2. The molecule has 3 nitrogen and oxygen atoms in total. The zero-order chi connectivity index (χ0) is 17.0. The normalized spacial score (nSPS) is 11.7. The summed E-state index contributed by atoms with van der Waals surface area (Å²) < 4.78 is 38.4. The van der Waals surface area contributed by atoms with E-state index < -0.39 is 11.7 Å². The Morgan fingerprint density at radius 3 is 2.65 bits per heavy atom. The second kappa shape index (κ2) is 7.21. The third-order valence-corrected chi connectivity index (χ3v) is 3.97. The van der Waals surface area contributed by atoms with E-state index in [4.69, 9.17) is 0 Å². The molecule has 0 atom stereocenters. The molecule has 0 unspecified atom stereocenters. The predicted octanol–water partition coefficient (Wildman–Crippen LogP) is 4.05. The number of benzene rings is 1. The molecule has 1 N–H and O–H groups in total. The molecular formula is C16H17F3N2OS. The fourth-order valence-electron chi connectivity index (χ4n) is 2.31. The predicted molar refractivity (Wildman–Crippen MR) is 84.9 cm³/mol. The fraction of sp³-hybridized carbons (Fsp3) is 0.375. The largest absolute Gasteiger partial charge is 0.416 e. The van der Waals surface area contributed by atoms with Crippen molar-refractivity contribution >= 4 is 11.8 Å². The number of hydrogen-bond acceptors (Lipinski definition) is 3. The molecule has 0 aliphatic heterocycles. The number of halogens is 3. The highest BCUT2D eigenvalue weighted by molar-refractivity contribution is 7.98. The molecule has 0 amide bonds. The van der Waals surface area contributed by atoms with Crippen molar-refractivity contribution < 1.29 is 13.2 Å². The summed E-state index contributed by atoms with van der Waals surface area (Å²) in [7, 11) is 0. The standard InChI is InChI=1S/C16H17F3N2OS/c1-3-5-13-12(14(22)21-15(20-13)23-2)9-10-6-4-7-11(8-10)16(17,18)19/h4,6-8H,3,5,9H2,1-2H3,(H,20,21,22). The van der Waals surface area contributed by atoms with Gasteiger partial charge in [0.25, 0.3) is 5.56 Å². The molecule has 0 aliphatic carbocycles. The second-order valence-corrected chi connectivity index (χ2v) is 5.92. The highest BCUT2D eigenvalue weighted by Gasteiger charge is 2.30. The molecule has 1 aromatic carbocycles. The van der Waals surface area contributed by atoms with Crippen LogP contribution in [0.25, 0.3) is 0 Å². The van der Waals surface area contributed by atoms with Crippen molar-refractivity contribution in [3.05, 3.63) is 57.0 Å². The molecule has 1 aromatic heterocycles. The summed E-state index contributed by atoms with van der Waals surface area (Å²) in [4.78, 5) is 19.3. The van der Waals surface area contributed by atoms with Gasteiger partial charge in [-0.1, -0.05) is 43.3 Å². The minimum Gasteiger partial charge on any atom is -0.301 e. The number of H-pyrrole nitrogens is 1. The number of rotatable bonds is 5. The Bertz CT molecular complexity index is 741. The minimum absolute atomic E-state index is 0.135. The van der Waals surface area contributed by atoms with E-state index in [1.165, 1.54) is 17.8 Å². The lowest BCUT2D eigenvalue weighted by Crippen LogP contribution is -2.19. The van der Waals surface area contributed by atoms with Crippen LogP contribution < -0.4 is 5.56 Å². The molecule has 0 bridgehead atoms. The van der Waals surface area contributed by atoms with Crippen LogP contribution in [-0.2, 0) is 19.0 Å². The van der Waals surface area contributed by atoms with E-state index in [0.29, 0.717) is 28.4 Å². The molecule has 2 rings (SSSR count). The smallest absolute Gasteiger partial charge is 0.301 e. The number of alkyl halides is 3. The lowest BCUT2D eigenvalue weighted by molar-refractivity contribution is -0.137. The van der Waals surface area contributed by atoms with E-state index in [-0.39, 0.29) is 12.0 Å². The van der Waals surface area contributed by atoms with Crippen molar-refractivity contribution in [1.82, 2.24) is 9.97 Å². The Kier molecular flexibility index (Phi) is 5.51. The van der Waals surface area contributed by atoms with Gasteiger partial charge in [-0.15, -0.1) is 0 Å². The molecular weight excluding hydrogens is 325 g/mol. The third kappa shape index (κ3) is 4.37. The molecule has 0 saturated carbocycles. The van der Waals surface area contributed by atoms with Gasteiger partial charge in [0, 0.05) is 12.0 Å². The number of aromatic nitrogens is 2. The third-order valence-electron chi connectivity index (χ3n) is 3.39. The van der Waals surface area contributed by atoms with Crippen LogP contribution in [0.15, 0.2) is 34.2 Å². The molecule has 2 aromatic rings. The van der Waals surface area contributed by atoms with Crippen molar-refractivity contribution in [2.45, 2.75) is 37.5 Å². The lowest BCUT2D eigenvalue weighted by atomic mass is 10.0. The number of aryl methyl sites for hydroxylation is 1. The van der Waals surface area contributed by atoms with Crippen LogP contribution in [0.5, 0.6) is 0 Å². The number of thioether (sulfide) groups is 1. The summed E-state index contributed by atoms with van der Waals surface area (Å²) in [6, 6.07) is 5.05. The number of nitrogens with zero attached hydrogens (tertiary/aromatic N) is 1. The highest BCUT2D eigenvalue weighted by Crippen LogP contribution is 2.30. The van der Waals surface area contributed by atoms with E-state index in [9.17, 15) is 18.0 Å². The van der Waals surface area contributed by atoms with Crippen LogP contribution in [0.2, 0.25) is 0 Å². The topological polar surface area (TPSA) is 45.8 Å². The van der Waals surface area contributed by atoms with Crippen molar-refractivity contribution in [2.75, 3.05) is 6.26 Å². The Labute approximate surface area is 136 Å². The summed E-state index contributed by atoms with van der Waals surface area (Å²) in [6.45, 7) is 1.97. The van der Waals surface area contributed by atoms with E-state index in [2.05, 4.69) is 9.97 Å². The number of aromatic amines is 1. The summed E-state index contributed by atoms with van der Waals surface area (Å²) in [5, 5.41) is 0.520. The number of nitrogens with one attached hydrogen (secondary N) is 1. The average molecular weight is 342 g/mol. The Hall–Kier alpha value is -1.76. The molecule has 124 valence electrons. The van der Waals surface area contributed by atoms with Gasteiger partial charge in [0.1, 0.15) is 0 Å². The van der Waals surface area contributed by atoms with Crippen LogP contribution in [0, 0.1) is 0 Å². The summed E-state index contributed by atoms with van der Waals surface area (Å²) in [5.41, 5.74) is 0.533. The lowest BCUT2D eigenvalue weighted by Gasteiger charge is -2.11. The van der Waals surface area contributed by atoms with Crippen molar-refractivity contribution in [1.29, 1.82) is 0 Å². The summed E-state index contributed by atoms with van der Waals surface area (Å²) in [6.07, 6.45) is -1.03. The van der Waals surface area contributed by atoms with Gasteiger partial charge >= 0.3 is 6.18 Å². The van der Waals surface area contributed by atoms with Crippen molar-refractivity contribution in [2.24, 2.45) is 0 Å². The molecule has 0 spiro atoms. The molecule has 0 saturated heterocycles. The molecule has 1 heterocycles. The molecule has 7 heteroatoms. The number of hydrogen-bond donors (Lipinski definition) is 1. The van der Waals surface area contributed by atoms with Crippen LogP contribution in [0.3, 0.4) is 0 Å². The Morgan fingerprint density at radius 1 is 1.30 bits per heavy atom. The maximum absolute atomic E-state index is 12.8. The van der Waals surface area contributed by atoms with Crippen LogP contribution in [0.4, 0.5) is 13.2 Å². The maximum Gasteiger partial charge on any atom is 0.416 e. The van der Waals surface area contributed by atoms with Crippen LogP contribution in [-0.4, -0.2) is 16.2 Å². The van der Waals surface area contributed by atoms with Gasteiger partial charge in [0.2, 0.25) is 0 Å². The van der Waals surface area contributed by atoms with E-state index >= 15 is 0 Å². The van der Waals surface area contributed by atoms with Gasteiger partial charge in [0.15, 0.2) is 5.16 Å². The molecule has 0 fully saturated rings. The van der Waals surface area contributed by atoms with Gasteiger partial charge in [0.05, 0.1) is 11.3 Å². The minimum atomic E-state index is -4.39. The first-order valence-corrected chi connectivity index (χ1v) is 8.39. The van der Waals surface area contributed by atoms with Crippen molar-refractivity contribution in [3.8, 4) is 0 Å². The van der Waals surface area contributed by atoms with Crippen LogP contribution >= 0.6 is 11.8 Å². The van der Waals surface area contributed by atoms with Gasteiger partial charge in [-0.2, -0.15) is 13.2 Å². The molecule has 0 radical (unpaired) electrons. The molecule has 23 heavy (non-hydrogen) atoms. The van der Waals surface area contributed by atoms with E-state index in [0.717, 1.165) is 18.6 Å². The first kappa shape index (κ1) is 17.6. The first-order chi connectivity index (χ1) is 10.8. The second-order valence-electron chi connectivity index (χ2n) is 5.13. The van der Waals surface area contributed by atoms with E-state index in [1.54, 1.807) is 12.3 Å². The SMILES string of the molecule is CCCc1nc(SC)[nH]c(=O)c1Cc1cccc(C(F)(F)F)c1. The van der Waals surface area contributed by atoms with Crippen LogP contribution in [0.1, 0.15) is 35.7 Å². The average Bonchev–Trinajstić information content (AvgIpc) is 2.50. The van der Waals surface area contributed by atoms with Crippen molar-refractivity contribution in [3.63, 3.8) is 0 Å². The quantitative estimate of drug-likeness (QED) is 0.658. The van der Waals surface area contributed by atoms with Gasteiger partial charge in [-0.05, 0) is 24.3 Å². The molecule has 0 aliphatic rings. The maximum atomic E-state index is 12.8. The zero-order valence-corrected chi connectivity index (χ0v) is 13.6. The fourth-order valence-corrected chi connectivity index (χ4v) is 2.70. The van der Waals surface area contributed by atoms with Gasteiger partial charge < -0.3 is 4.98 Å². The summed E-state index contributed by atoms with van der Waals surface area (Å²) in [5.74, 6) is 0. The summed E-state index contributed by atoms with van der Waals surface area (Å²) >= 11 is 1.33. The monoisotopic (exact) mass is 342 g/mol. The Morgan fingerprint density at radius 2 is 2.04 bits per heavy atom. The first-order valence-electron chi connectivity index (χ1n) is 7.17. The zero-order valence-electron chi connectivity index (χ0n) is 12.8. The van der Waals surface area contributed by atoms with E-state index in [1.807, 2.05) is 6.92 Å².